The van der Waals surface area contributed by atoms with E-state index in [-0.39, 0.29) is 12.6 Å². The van der Waals surface area contributed by atoms with Crippen LogP contribution in [0.3, 0.4) is 0 Å². The Bertz CT molecular complexity index is 1420. The van der Waals surface area contributed by atoms with Crippen molar-refractivity contribution in [2.24, 2.45) is 5.10 Å². The van der Waals surface area contributed by atoms with Crippen molar-refractivity contribution in [1.82, 2.24) is 24.9 Å². The minimum atomic E-state index is -0.400. The number of benzene rings is 2. The summed E-state index contributed by atoms with van der Waals surface area (Å²) in [6.07, 6.45) is 3.12. The maximum absolute atomic E-state index is 13.0. The smallest absolute Gasteiger partial charge is 0.334 e. The number of nitrogens with zero attached hydrogens (tertiary/aromatic N) is 7. The number of aryl methyl sites for hydroxylation is 1. The Morgan fingerprint density at radius 1 is 1.18 bits per heavy atom. The number of anilines is 1. The quantitative estimate of drug-likeness (QED) is 0.473. The first-order chi connectivity index (χ1) is 16.5. The Hall–Kier alpha value is -4.49. The number of nitrogens with one attached hydrogen (secondary N) is 1. The molecular formula is C23H17ClN8O2. The fraction of sp³-hybridized carbons (Fsp3) is 0.130. The average Bonchev–Trinajstić information content (AvgIpc) is 3.59. The molecule has 0 spiro atoms. The molecule has 1 N–H and O–H groups in total. The molecule has 11 heteroatoms. The number of urea groups is 1. The fourth-order valence-electron chi connectivity index (χ4n) is 3.56. The lowest BCUT2D eigenvalue weighted by Crippen LogP contribution is -2.31. The fourth-order valence-corrected chi connectivity index (χ4v) is 3.69. The number of hydrogen-bond donors (Lipinski definition) is 1. The molecule has 1 aliphatic rings. The molecule has 34 heavy (non-hydrogen) atoms. The van der Waals surface area contributed by atoms with Crippen molar-refractivity contribution >= 4 is 29.0 Å². The highest BCUT2D eigenvalue weighted by Gasteiger charge is 2.33. The minimum Gasteiger partial charge on any atom is -0.334 e. The number of hydrazone groups is 1. The molecule has 2 aromatic heterocycles. The van der Waals surface area contributed by atoms with Crippen molar-refractivity contribution in [3.8, 4) is 17.5 Å². The third-order valence-corrected chi connectivity index (χ3v) is 5.48. The normalized spacial score (nSPS) is 15.1. The van der Waals surface area contributed by atoms with Gasteiger partial charge in [0.25, 0.3) is 5.89 Å². The number of nitriles is 1. The van der Waals surface area contributed by atoms with Crippen LogP contribution in [-0.2, 0) is 0 Å². The first-order valence-corrected chi connectivity index (χ1v) is 10.7. The molecule has 2 amide bonds. The molecule has 0 saturated heterocycles. The standard InChI is InChI=1S/C23H17ClN8O2/c1-14-27-22(34-30-14)17-4-8-19(9-5-17)28-23(33)32-13-20(31-12-15(10-25)11-26-31)21(29-32)16-2-6-18(24)7-3-16/h2-9,11-12,20H,13H2,1H3,(H,28,33). The predicted octanol–water partition coefficient (Wildman–Crippen LogP) is 4.26. The van der Waals surface area contributed by atoms with E-state index in [1.807, 2.05) is 12.1 Å². The molecule has 0 fully saturated rings. The van der Waals surface area contributed by atoms with E-state index in [9.17, 15) is 4.79 Å². The largest absolute Gasteiger partial charge is 0.342 e. The molecule has 1 unspecified atom stereocenters. The summed E-state index contributed by atoms with van der Waals surface area (Å²) in [5.74, 6) is 0.954. The van der Waals surface area contributed by atoms with Crippen LogP contribution in [0.4, 0.5) is 10.5 Å². The van der Waals surface area contributed by atoms with Gasteiger partial charge in [0.1, 0.15) is 12.1 Å². The van der Waals surface area contributed by atoms with Crippen LogP contribution >= 0.6 is 11.6 Å². The molecule has 2 aromatic carbocycles. The zero-order valence-corrected chi connectivity index (χ0v) is 18.6. The summed E-state index contributed by atoms with van der Waals surface area (Å²) < 4.78 is 6.81. The van der Waals surface area contributed by atoms with E-state index in [0.717, 1.165) is 11.1 Å². The molecule has 4 aromatic rings. The van der Waals surface area contributed by atoms with Gasteiger partial charge in [-0.25, -0.2) is 9.80 Å². The Balaban J connectivity index is 1.37. The van der Waals surface area contributed by atoms with E-state index in [1.54, 1.807) is 54.2 Å². The summed E-state index contributed by atoms with van der Waals surface area (Å²) in [6, 6.07) is 15.6. The summed E-state index contributed by atoms with van der Waals surface area (Å²) in [4.78, 5) is 17.2. The Morgan fingerprint density at radius 2 is 1.91 bits per heavy atom. The minimum absolute atomic E-state index is 0.246. The highest BCUT2D eigenvalue weighted by molar-refractivity contribution is 6.30. The van der Waals surface area contributed by atoms with Crippen molar-refractivity contribution in [1.29, 1.82) is 5.26 Å². The van der Waals surface area contributed by atoms with Gasteiger partial charge in [-0.2, -0.15) is 20.4 Å². The van der Waals surface area contributed by atoms with Crippen molar-refractivity contribution < 1.29 is 9.32 Å². The van der Waals surface area contributed by atoms with Crippen molar-refractivity contribution in [3.05, 3.63) is 82.9 Å². The van der Waals surface area contributed by atoms with E-state index in [4.69, 9.17) is 21.4 Å². The van der Waals surface area contributed by atoms with E-state index in [2.05, 4.69) is 31.7 Å². The summed E-state index contributed by atoms with van der Waals surface area (Å²) in [6.45, 7) is 1.99. The van der Waals surface area contributed by atoms with Crippen LogP contribution < -0.4 is 5.32 Å². The van der Waals surface area contributed by atoms with Gasteiger partial charge in [-0.3, -0.25) is 4.68 Å². The summed E-state index contributed by atoms with van der Waals surface area (Å²) in [5.41, 5.74) is 3.20. The molecule has 168 valence electrons. The van der Waals surface area contributed by atoms with Crippen LogP contribution in [0, 0.1) is 18.3 Å². The van der Waals surface area contributed by atoms with Crippen molar-refractivity contribution in [2.75, 3.05) is 11.9 Å². The third-order valence-electron chi connectivity index (χ3n) is 5.23. The number of amides is 2. The predicted molar refractivity (Wildman–Crippen MR) is 124 cm³/mol. The lowest BCUT2D eigenvalue weighted by Gasteiger charge is -2.16. The van der Waals surface area contributed by atoms with Crippen LogP contribution in [0.15, 0.2) is 70.5 Å². The lowest BCUT2D eigenvalue weighted by atomic mass is 10.0. The zero-order valence-electron chi connectivity index (χ0n) is 17.9. The van der Waals surface area contributed by atoms with Crippen LogP contribution in [0.25, 0.3) is 11.5 Å². The molecular weight excluding hydrogens is 456 g/mol. The van der Waals surface area contributed by atoms with Gasteiger partial charge >= 0.3 is 6.03 Å². The molecule has 0 radical (unpaired) electrons. The molecule has 5 rings (SSSR count). The number of carbonyl (C=O) groups excluding carboxylic acids is 1. The SMILES string of the molecule is Cc1noc(-c2ccc(NC(=O)N3CC(n4cc(C#N)cn4)C(c4ccc(Cl)cc4)=N3)cc2)n1. The van der Waals surface area contributed by atoms with Gasteiger partial charge < -0.3 is 9.84 Å². The second-order valence-electron chi connectivity index (χ2n) is 7.57. The maximum Gasteiger partial charge on any atom is 0.342 e. The van der Waals surface area contributed by atoms with Crippen LogP contribution in [0.1, 0.15) is 23.0 Å². The summed E-state index contributed by atoms with van der Waals surface area (Å²) in [7, 11) is 0. The van der Waals surface area contributed by atoms with Crippen LogP contribution in [0.5, 0.6) is 0 Å². The first kappa shape index (κ1) is 21.4. The van der Waals surface area contributed by atoms with Crippen molar-refractivity contribution in [2.45, 2.75) is 13.0 Å². The van der Waals surface area contributed by atoms with Gasteiger partial charge in [-0.15, -0.1) is 0 Å². The van der Waals surface area contributed by atoms with Crippen LogP contribution in [0.2, 0.25) is 5.02 Å². The third kappa shape index (κ3) is 4.24. The first-order valence-electron chi connectivity index (χ1n) is 10.3. The van der Waals surface area contributed by atoms with Gasteiger partial charge in [-0.1, -0.05) is 28.9 Å². The number of rotatable bonds is 4. The monoisotopic (exact) mass is 472 g/mol. The van der Waals surface area contributed by atoms with E-state index in [1.165, 1.54) is 11.2 Å². The van der Waals surface area contributed by atoms with Gasteiger partial charge in [0.05, 0.1) is 24.0 Å². The summed E-state index contributed by atoms with van der Waals surface area (Å²) in [5, 5.41) is 26.6. The number of halogens is 1. The van der Waals surface area contributed by atoms with E-state index in [0.29, 0.717) is 33.7 Å². The topological polar surface area (TPSA) is 125 Å². The van der Waals surface area contributed by atoms with E-state index < -0.39 is 6.03 Å². The molecule has 0 bridgehead atoms. The van der Waals surface area contributed by atoms with Gasteiger partial charge in [0, 0.05) is 28.0 Å². The van der Waals surface area contributed by atoms with Gasteiger partial charge in [0.15, 0.2) is 5.82 Å². The van der Waals surface area contributed by atoms with Crippen molar-refractivity contribution in [3.63, 3.8) is 0 Å². The van der Waals surface area contributed by atoms with Gasteiger partial charge in [-0.05, 0) is 43.3 Å². The Labute approximate surface area is 199 Å². The highest BCUT2D eigenvalue weighted by Crippen LogP contribution is 2.26. The molecule has 1 atom stereocenters. The number of carbonyl (C=O) groups is 1. The highest BCUT2D eigenvalue weighted by atomic mass is 35.5. The number of hydrogen-bond acceptors (Lipinski definition) is 7. The molecule has 10 nitrogen and oxygen atoms in total. The zero-order chi connectivity index (χ0) is 23.7. The Kier molecular flexibility index (Phi) is 5.53. The van der Waals surface area contributed by atoms with Gasteiger partial charge in [0.2, 0.25) is 0 Å². The molecule has 0 saturated carbocycles. The molecule has 3 heterocycles. The maximum atomic E-state index is 13.0. The second-order valence-corrected chi connectivity index (χ2v) is 8.00. The summed E-state index contributed by atoms with van der Waals surface area (Å²) >= 11 is 6.03. The average molecular weight is 473 g/mol. The van der Waals surface area contributed by atoms with Crippen LogP contribution in [-0.4, -0.2) is 43.2 Å². The Morgan fingerprint density at radius 3 is 2.56 bits per heavy atom. The van der Waals surface area contributed by atoms with E-state index >= 15 is 0 Å². The lowest BCUT2D eigenvalue weighted by molar-refractivity contribution is 0.215. The number of aromatic nitrogens is 4. The molecule has 1 aliphatic heterocycles. The second kappa shape index (κ2) is 8.80. The molecule has 0 aliphatic carbocycles.